The Morgan fingerprint density at radius 1 is 1.71 bits per heavy atom. The van der Waals surface area contributed by atoms with E-state index in [0.29, 0.717) is 10.7 Å². The molecule has 4 nitrogen and oxygen atoms in total. The van der Waals surface area contributed by atoms with Crippen LogP contribution in [0.25, 0.3) is 10.4 Å². The maximum absolute atomic E-state index is 8.01. The van der Waals surface area contributed by atoms with Crippen LogP contribution in [0.3, 0.4) is 0 Å². The maximum atomic E-state index is 8.01. The lowest BCUT2D eigenvalue weighted by Crippen LogP contribution is -1.84. The summed E-state index contributed by atoms with van der Waals surface area (Å²) in [5.41, 5.74) is 9.66. The fraction of sp³-hybridized carbons (Fsp3) is 0.222. The van der Waals surface area contributed by atoms with Crippen molar-refractivity contribution in [2.75, 3.05) is 6.54 Å². The zero-order valence-corrected chi connectivity index (χ0v) is 8.28. The number of azide groups is 1. The van der Waals surface area contributed by atoms with Crippen LogP contribution in [0.15, 0.2) is 17.4 Å². The van der Waals surface area contributed by atoms with Crippen LogP contribution in [0.2, 0.25) is 5.15 Å². The Morgan fingerprint density at radius 2 is 2.50 bits per heavy atom. The van der Waals surface area contributed by atoms with Crippen molar-refractivity contribution >= 4 is 11.6 Å². The SMILES string of the molecule is Cc1cnc(Cl)c(C#CCN=[N+]=[N-])c1. The molecule has 70 valence electrons. The highest BCUT2D eigenvalue weighted by molar-refractivity contribution is 6.30. The van der Waals surface area contributed by atoms with E-state index in [1.807, 2.05) is 13.0 Å². The van der Waals surface area contributed by atoms with Crippen molar-refractivity contribution in [3.63, 3.8) is 0 Å². The van der Waals surface area contributed by atoms with Crippen LogP contribution in [-0.2, 0) is 0 Å². The molecular weight excluding hydrogens is 200 g/mol. The van der Waals surface area contributed by atoms with E-state index in [2.05, 4.69) is 26.9 Å². The third-order valence-corrected chi connectivity index (χ3v) is 1.71. The first-order chi connectivity index (χ1) is 6.74. The molecule has 0 saturated carbocycles. The molecule has 1 heterocycles. The van der Waals surface area contributed by atoms with Crippen LogP contribution in [0, 0.1) is 18.8 Å². The Kier molecular flexibility index (Phi) is 3.81. The summed E-state index contributed by atoms with van der Waals surface area (Å²) in [5.74, 6) is 5.46. The van der Waals surface area contributed by atoms with Gasteiger partial charge in [0.25, 0.3) is 0 Å². The molecule has 0 unspecified atom stereocenters. The van der Waals surface area contributed by atoms with Crippen molar-refractivity contribution in [3.8, 4) is 11.8 Å². The predicted molar refractivity (Wildman–Crippen MR) is 54.9 cm³/mol. The second-order valence-electron chi connectivity index (χ2n) is 2.54. The highest BCUT2D eigenvalue weighted by atomic mass is 35.5. The first-order valence-electron chi connectivity index (χ1n) is 3.86. The molecule has 1 aromatic rings. The molecule has 0 aliphatic heterocycles. The van der Waals surface area contributed by atoms with Gasteiger partial charge in [0.05, 0.1) is 12.1 Å². The van der Waals surface area contributed by atoms with Gasteiger partial charge < -0.3 is 0 Å². The van der Waals surface area contributed by atoms with Crippen LogP contribution in [0.5, 0.6) is 0 Å². The van der Waals surface area contributed by atoms with Gasteiger partial charge in [-0.1, -0.05) is 28.6 Å². The molecule has 1 rings (SSSR count). The predicted octanol–water partition coefficient (Wildman–Crippen LogP) is 2.71. The van der Waals surface area contributed by atoms with E-state index in [1.54, 1.807) is 6.20 Å². The second-order valence-corrected chi connectivity index (χ2v) is 2.90. The third-order valence-electron chi connectivity index (χ3n) is 1.41. The normalized spacial score (nSPS) is 8.43. The van der Waals surface area contributed by atoms with Crippen molar-refractivity contribution in [1.29, 1.82) is 0 Å². The first kappa shape index (κ1) is 10.4. The van der Waals surface area contributed by atoms with E-state index >= 15 is 0 Å². The summed E-state index contributed by atoms with van der Waals surface area (Å²) >= 11 is 5.79. The van der Waals surface area contributed by atoms with Gasteiger partial charge in [0.1, 0.15) is 5.15 Å². The number of hydrogen-bond donors (Lipinski definition) is 0. The monoisotopic (exact) mass is 206 g/mol. The third kappa shape index (κ3) is 2.98. The average molecular weight is 207 g/mol. The van der Waals surface area contributed by atoms with Gasteiger partial charge in [-0.05, 0) is 24.1 Å². The molecule has 0 saturated heterocycles. The molecule has 0 bridgehead atoms. The summed E-state index contributed by atoms with van der Waals surface area (Å²) < 4.78 is 0. The number of aromatic nitrogens is 1. The van der Waals surface area contributed by atoms with Crippen molar-refractivity contribution in [3.05, 3.63) is 39.0 Å². The van der Waals surface area contributed by atoms with Gasteiger partial charge in [-0.2, -0.15) is 0 Å². The minimum absolute atomic E-state index is 0.140. The van der Waals surface area contributed by atoms with E-state index in [1.165, 1.54) is 0 Å². The van der Waals surface area contributed by atoms with Gasteiger partial charge in [-0.15, -0.1) is 0 Å². The smallest absolute Gasteiger partial charge is 0.144 e. The Bertz CT molecular complexity index is 438. The molecule has 14 heavy (non-hydrogen) atoms. The quantitative estimate of drug-likeness (QED) is 0.229. The Balaban J connectivity index is 2.88. The van der Waals surface area contributed by atoms with E-state index in [9.17, 15) is 0 Å². The minimum atomic E-state index is 0.140. The minimum Gasteiger partial charge on any atom is -0.243 e. The molecule has 0 aliphatic carbocycles. The second kappa shape index (κ2) is 5.13. The summed E-state index contributed by atoms with van der Waals surface area (Å²) in [5, 5.41) is 3.65. The number of hydrogen-bond acceptors (Lipinski definition) is 2. The van der Waals surface area contributed by atoms with Gasteiger partial charge in [0.2, 0.25) is 0 Å². The summed E-state index contributed by atoms with van der Waals surface area (Å²) in [6.07, 6.45) is 1.67. The molecule has 0 N–H and O–H groups in total. The highest BCUT2D eigenvalue weighted by Crippen LogP contribution is 2.12. The topological polar surface area (TPSA) is 61.7 Å². The fourth-order valence-corrected chi connectivity index (χ4v) is 0.993. The Hall–Kier alpha value is -1.69. The van der Waals surface area contributed by atoms with Crippen LogP contribution in [0.4, 0.5) is 0 Å². The standard InChI is InChI=1S/C9H7ClN4/c1-7-5-8(9(10)12-6-7)3-2-4-13-14-11/h5-6H,4H2,1H3. The molecule has 1 aromatic heterocycles. The number of aryl methyl sites for hydroxylation is 1. The Morgan fingerprint density at radius 3 is 3.21 bits per heavy atom. The van der Waals surface area contributed by atoms with E-state index in [0.717, 1.165) is 5.56 Å². The molecule has 0 aliphatic rings. The molecule has 0 atom stereocenters. The fourth-order valence-electron chi connectivity index (χ4n) is 0.842. The van der Waals surface area contributed by atoms with Gasteiger partial charge in [0, 0.05) is 11.1 Å². The highest BCUT2D eigenvalue weighted by Gasteiger charge is 1.96. The summed E-state index contributed by atoms with van der Waals surface area (Å²) in [6, 6.07) is 1.83. The largest absolute Gasteiger partial charge is 0.243 e. The van der Waals surface area contributed by atoms with E-state index in [-0.39, 0.29) is 6.54 Å². The van der Waals surface area contributed by atoms with E-state index in [4.69, 9.17) is 17.1 Å². The zero-order valence-electron chi connectivity index (χ0n) is 7.53. The number of halogens is 1. The number of rotatable bonds is 1. The zero-order chi connectivity index (χ0) is 10.4. The van der Waals surface area contributed by atoms with Crippen LogP contribution >= 0.6 is 11.6 Å². The van der Waals surface area contributed by atoms with E-state index < -0.39 is 0 Å². The number of nitrogens with zero attached hydrogens (tertiary/aromatic N) is 4. The molecule has 0 radical (unpaired) electrons. The lowest BCUT2D eigenvalue weighted by Gasteiger charge is -1.95. The van der Waals surface area contributed by atoms with Crippen molar-refractivity contribution in [1.82, 2.24) is 4.98 Å². The molecular formula is C9H7ClN4. The lowest BCUT2D eigenvalue weighted by molar-refractivity contribution is 1.24. The summed E-state index contributed by atoms with van der Waals surface area (Å²) in [4.78, 5) is 6.52. The van der Waals surface area contributed by atoms with Crippen molar-refractivity contribution in [2.24, 2.45) is 5.11 Å². The summed E-state index contributed by atoms with van der Waals surface area (Å²) in [6.45, 7) is 2.04. The van der Waals surface area contributed by atoms with Crippen LogP contribution < -0.4 is 0 Å². The summed E-state index contributed by atoms with van der Waals surface area (Å²) in [7, 11) is 0. The van der Waals surface area contributed by atoms with Crippen LogP contribution in [-0.4, -0.2) is 11.5 Å². The molecule has 0 spiro atoms. The van der Waals surface area contributed by atoms with Gasteiger partial charge >= 0.3 is 0 Å². The maximum Gasteiger partial charge on any atom is 0.144 e. The number of pyridine rings is 1. The van der Waals surface area contributed by atoms with Gasteiger partial charge in [-0.25, -0.2) is 4.98 Å². The van der Waals surface area contributed by atoms with Gasteiger partial charge in [0.15, 0.2) is 0 Å². The molecule has 5 heteroatoms. The van der Waals surface area contributed by atoms with Crippen LogP contribution in [0.1, 0.15) is 11.1 Å². The lowest BCUT2D eigenvalue weighted by atomic mass is 10.2. The molecule has 0 amide bonds. The molecule has 0 fully saturated rings. The molecule has 0 aromatic carbocycles. The Labute approximate surface area is 86.5 Å². The van der Waals surface area contributed by atoms with Crippen molar-refractivity contribution < 1.29 is 0 Å². The van der Waals surface area contributed by atoms with Gasteiger partial charge in [-0.3, -0.25) is 0 Å². The average Bonchev–Trinajstić information content (AvgIpc) is 2.18. The van der Waals surface area contributed by atoms with Crippen molar-refractivity contribution in [2.45, 2.75) is 6.92 Å². The first-order valence-corrected chi connectivity index (χ1v) is 4.23.